The number of carbonyl (C=O) groups is 3. The van der Waals surface area contributed by atoms with Crippen LogP contribution >= 0.6 is 15.9 Å². The summed E-state index contributed by atoms with van der Waals surface area (Å²) in [7, 11) is 0. The highest BCUT2D eigenvalue weighted by Gasteiger charge is 2.36. The Kier molecular flexibility index (Phi) is 5.70. The minimum atomic E-state index is -1.59. The maximum atomic E-state index is 12.6. The van der Waals surface area contributed by atoms with Gasteiger partial charge in [0.05, 0.1) is 0 Å². The van der Waals surface area contributed by atoms with Gasteiger partial charge in [-0.3, -0.25) is 9.59 Å². The Morgan fingerprint density at radius 3 is 2.57 bits per heavy atom. The van der Waals surface area contributed by atoms with Crippen molar-refractivity contribution >= 4 is 33.7 Å². The number of halogens is 2. The number of rotatable bonds is 5. The van der Waals surface area contributed by atoms with Gasteiger partial charge in [0.1, 0.15) is 12.7 Å². The summed E-state index contributed by atoms with van der Waals surface area (Å²) in [5.74, 6) is -2.38. The Bertz CT molecular complexity index is 608. The van der Waals surface area contributed by atoms with Gasteiger partial charge in [-0.25, -0.2) is 9.18 Å². The largest absolute Gasteiger partial charge is 0.480 e. The van der Waals surface area contributed by atoms with E-state index >= 15 is 0 Å². The van der Waals surface area contributed by atoms with Gasteiger partial charge in [-0.15, -0.1) is 0 Å². The molecule has 6 nitrogen and oxygen atoms in total. The van der Waals surface area contributed by atoms with Crippen LogP contribution < -0.4 is 5.32 Å². The number of likely N-dealkylation sites (tertiary alicyclic amines) is 1. The lowest BCUT2D eigenvalue weighted by Gasteiger charge is -2.25. The number of nitrogens with one attached hydrogen (secondary N) is 1. The summed E-state index contributed by atoms with van der Waals surface area (Å²) in [4.78, 5) is 36.9. The molecule has 1 aromatic carbocycles. The van der Waals surface area contributed by atoms with Crippen molar-refractivity contribution in [1.82, 2.24) is 10.2 Å². The highest BCUT2D eigenvalue weighted by atomic mass is 79.9. The van der Waals surface area contributed by atoms with E-state index in [9.17, 15) is 18.8 Å². The molecular formula is C15H16BrFN2O4. The molecule has 0 aliphatic carbocycles. The molecule has 1 aliphatic heterocycles. The van der Waals surface area contributed by atoms with Crippen molar-refractivity contribution in [3.8, 4) is 0 Å². The number of nitrogens with zero attached hydrogens (tertiary/aromatic N) is 1. The Morgan fingerprint density at radius 1 is 1.35 bits per heavy atom. The van der Waals surface area contributed by atoms with Gasteiger partial charge in [-0.05, 0) is 37.1 Å². The molecule has 1 saturated heterocycles. The Labute approximate surface area is 140 Å². The fraction of sp³-hybridized carbons (Fsp3) is 0.400. The molecule has 2 N–H and O–H groups in total. The zero-order valence-electron chi connectivity index (χ0n) is 12.2. The third kappa shape index (κ3) is 4.07. The lowest BCUT2D eigenvalue weighted by Crippen LogP contribution is -2.51. The molecule has 1 aromatic rings. The fourth-order valence-corrected chi connectivity index (χ4v) is 2.74. The fourth-order valence-electron chi connectivity index (χ4n) is 2.47. The van der Waals surface area contributed by atoms with Gasteiger partial charge in [-0.1, -0.05) is 15.9 Å². The van der Waals surface area contributed by atoms with Crippen LogP contribution in [0, 0.1) is 0 Å². The molecule has 1 fully saturated rings. The normalized spacial score (nSPS) is 18.5. The lowest BCUT2D eigenvalue weighted by molar-refractivity contribution is -0.142. The highest BCUT2D eigenvalue weighted by Crippen LogP contribution is 2.21. The number of amides is 2. The number of carboxylic acid groups (broad SMARTS) is 1. The molecule has 0 aromatic heterocycles. The maximum absolute atomic E-state index is 12.6. The molecule has 2 unspecified atom stereocenters. The summed E-state index contributed by atoms with van der Waals surface area (Å²) in [5.41, 5.74) is 0.438. The van der Waals surface area contributed by atoms with Crippen LogP contribution in [0.1, 0.15) is 23.2 Å². The first kappa shape index (κ1) is 17.4. The molecule has 0 saturated carbocycles. The molecule has 2 amide bonds. The summed E-state index contributed by atoms with van der Waals surface area (Å²) in [6.45, 7) is -0.797. The standard InChI is InChI=1S/C15H16BrFN2O4/c16-10-5-3-9(4-6-10)14(21)19-7-1-2-12(19)13(20)18-11(8-17)15(22)23/h3-6,11-12H,1-2,7-8H2,(H,18,20)(H,22,23). The van der Waals surface area contributed by atoms with E-state index in [-0.39, 0.29) is 5.91 Å². The number of carboxylic acids is 1. The van der Waals surface area contributed by atoms with Gasteiger partial charge < -0.3 is 15.3 Å². The molecule has 0 spiro atoms. The Morgan fingerprint density at radius 2 is 2.00 bits per heavy atom. The third-order valence-corrected chi connectivity index (χ3v) is 4.21. The van der Waals surface area contributed by atoms with Gasteiger partial charge in [0.25, 0.3) is 5.91 Å². The zero-order chi connectivity index (χ0) is 17.0. The number of hydrogen-bond acceptors (Lipinski definition) is 3. The number of carbonyl (C=O) groups excluding carboxylic acids is 2. The van der Waals surface area contributed by atoms with Gasteiger partial charge in [-0.2, -0.15) is 0 Å². The van der Waals surface area contributed by atoms with E-state index in [0.717, 1.165) is 4.47 Å². The van der Waals surface area contributed by atoms with Gasteiger partial charge in [0.15, 0.2) is 6.04 Å². The average molecular weight is 387 g/mol. The van der Waals surface area contributed by atoms with Crippen LogP contribution in [0.15, 0.2) is 28.7 Å². The number of hydrogen-bond donors (Lipinski definition) is 2. The first-order valence-electron chi connectivity index (χ1n) is 7.09. The summed E-state index contributed by atoms with van der Waals surface area (Å²) in [6.07, 6.45) is 1.06. The molecule has 124 valence electrons. The van der Waals surface area contributed by atoms with Crippen molar-refractivity contribution in [3.05, 3.63) is 34.3 Å². The van der Waals surface area contributed by atoms with E-state index in [1.165, 1.54) is 4.90 Å². The van der Waals surface area contributed by atoms with Crippen LogP contribution in [-0.4, -0.2) is 53.1 Å². The third-order valence-electron chi connectivity index (χ3n) is 3.68. The second-order valence-corrected chi connectivity index (χ2v) is 6.13. The number of alkyl halides is 1. The number of aliphatic carboxylic acids is 1. The van der Waals surface area contributed by atoms with Crippen molar-refractivity contribution in [2.75, 3.05) is 13.2 Å². The van der Waals surface area contributed by atoms with E-state index in [4.69, 9.17) is 5.11 Å². The zero-order valence-corrected chi connectivity index (χ0v) is 13.8. The second-order valence-electron chi connectivity index (χ2n) is 5.22. The van der Waals surface area contributed by atoms with Crippen molar-refractivity contribution in [3.63, 3.8) is 0 Å². The van der Waals surface area contributed by atoms with E-state index in [2.05, 4.69) is 21.2 Å². The van der Waals surface area contributed by atoms with E-state index < -0.39 is 30.6 Å². The Hall–Kier alpha value is -1.96. The first-order valence-corrected chi connectivity index (χ1v) is 7.89. The monoisotopic (exact) mass is 386 g/mol. The molecule has 0 radical (unpaired) electrons. The summed E-state index contributed by atoms with van der Waals surface area (Å²) in [5, 5.41) is 10.9. The lowest BCUT2D eigenvalue weighted by atomic mass is 10.1. The molecule has 1 heterocycles. The van der Waals surface area contributed by atoms with Crippen LogP contribution in [-0.2, 0) is 9.59 Å². The highest BCUT2D eigenvalue weighted by molar-refractivity contribution is 9.10. The summed E-state index contributed by atoms with van der Waals surface area (Å²) < 4.78 is 13.5. The number of benzene rings is 1. The molecule has 0 bridgehead atoms. The smallest absolute Gasteiger partial charge is 0.328 e. The second kappa shape index (κ2) is 7.54. The SMILES string of the molecule is O=C(O)C(CF)NC(=O)C1CCCN1C(=O)c1ccc(Br)cc1. The van der Waals surface area contributed by atoms with Crippen molar-refractivity contribution in [2.45, 2.75) is 24.9 Å². The van der Waals surface area contributed by atoms with Crippen LogP contribution in [0.5, 0.6) is 0 Å². The molecule has 2 rings (SSSR count). The van der Waals surface area contributed by atoms with E-state index in [0.29, 0.717) is 24.9 Å². The quantitative estimate of drug-likeness (QED) is 0.804. The van der Waals surface area contributed by atoms with Gasteiger partial charge in [0.2, 0.25) is 5.91 Å². The predicted molar refractivity (Wildman–Crippen MR) is 83.7 cm³/mol. The summed E-state index contributed by atoms with van der Waals surface area (Å²) >= 11 is 3.28. The molecule has 2 atom stereocenters. The van der Waals surface area contributed by atoms with Gasteiger partial charge >= 0.3 is 5.97 Å². The van der Waals surface area contributed by atoms with E-state index in [1.54, 1.807) is 24.3 Å². The van der Waals surface area contributed by atoms with Crippen LogP contribution in [0.25, 0.3) is 0 Å². The van der Waals surface area contributed by atoms with Gasteiger partial charge in [0, 0.05) is 16.6 Å². The van der Waals surface area contributed by atoms with Crippen molar-refractivity contribution in [2.24, 2.45) is 0 Å². The minimum Gasteiger partial charge on any atom is -0.480 e. The molecular weight excluding hydrogens is 371 g/mol. The minimum absolute atomic E-state index is 0.303. The maximum Gasteiger partial charge on any atom is 0.328 e. The van der Waals surface area contributed by atoms with E-state index in [1.807, 2.05) is 0 Å². The van der Waals surface area contributed by atoms with Crippen LogP contribution in [0.3, 0.4) is 0 Å². The topological polar surface area (TPSA) is 86.7 Å². The summed E-state index contributed by atoms with van der Waals surface area (Å²) in [6, 6.07) is 4.36. The van der Waals surface area contributed by atoms with Crippen molar-refractivity contribution < 1.29 is 23.9 Å². The molecule has 8 heteroatoms. The predicted octanol–water partition coefficient (Wildman–Crippen LogP) is 1.59. The first-order chi connectivity index (χ1) is 10.9. The average Bonchev–Trinajstić information content (AvgIpc) is 3.01. The van der Waals surface area contributed by atoms with Crippen molar-refractivity contribution in [1.29, 1.82) is 0 Å². The van der Waals surface area contributed by atoms with Crippen LogP contribution in [0.4, 0.5) is 4.39 Å². The molecule has 1 aliphatic rings. The van der Waals surface area contributed by atoms with Crippen LogP contribution in [0.2, 0.25) is 0 Å². The molecule has 23 heavy (non-hydrogen) atoms. The Balaban J connectivity index is 2.10.